The molecule has 2 aliphatic heterocycles. The molecule has 0 spiro atoms. The van der Waals surface area contributed by atoms with Crippen molar-refractivity contribution in [2.75, 3.05) is 38.2 Å². The van der Waals surface area contributed by atoms with Crippen molar-refractivity contribution in [2.24, 2.45) is 0 Å². The first kappa shape index (κ1) is 27.9. The lowest BCUT2D eigenvalue weighted by Gasteiger charge is -2.42. The number of hydrogen-bond donors (Lipinski definition) is 2. The van der Waals surface area contributed by atoms with Gasteiger partial charge >= 0.3 is 0 Å². The second kappa shape index (κ2) is 10.8. The minimum atomic E-state index is -3.97. The largest absolute Gasteiger partial charge is 0.497 e. The Bertz CT molecular complexity index is 1520. The Morgan fingerprint density at radius 3 is 2.45 bits per heavy atom. The molecule has 2 atom stereocenters. The fourth-order valence-electron chi connectivity index (χ4n) is 5.24. The van der Waals surface area contributed by atoms with Crippen LogP contribution < -0.4 is 19.1 Å². The number of carbonyl (C=O) groups excluding carboxylic acids is 1. The molecule has 3 aromatic rings. The standard InChI is InChI=1S/C30H35N3O6S/c1-20-7-5-10-24(17-20)40(36,37)31-27-25-18-21(11-12-26(25)39-30(2,3)28(27)34)29(35)33-15-13-32(14-16-33)22-8-6-9-23(19-22)38-4/h5-12,17-19,27-28,31,34H,13-16H2,1-4H3/t27-,28+/m1/s1. The lowest BCUT2D eigenvalue weighted by molar-refractivity contribution is -0.0603. The zero-order valence-electron chi connectivity index (χ0n) is 23.1. The summed E-state index contributed by atoms with van der Waals surface area (Å²) >= 11 is 0. The molecule has 10 heteroatoms. The van der Waals surface area contributed by atoms with Crippen LogP contribution in [0.25, 0.3) is 0 Å². The average molecular weight is 566 g/mol. The molecule has 0 radical (unpaired) electrons. The van der Waals surface area contributed by atoms with Gasteiger partial charge in [-0.25, -0.2) is 13.1 Å². The minimum absolute atomic E-state index is 0.103. The number of carbonyl (C=O) groups is 1. The maximum absolute atomic E-state index is 13.5. The molecule has 40 heavy (non-hydrogen) atoms. The van der Waals surface area contributed by atoms with E-state index in [1.165, 1.54) is 6.07 Å². The van der Waals surface area contributed by atoms with Crippen LogP contribution in [-0.4, -0.2) is 69.3 Å². The van der Waals surface area contributed by atoms with Crippen LogP contribution in [0.15, 0.2) is 71.6 Å². The number of sulfonamides is 1. The Labute approximate surface area is 235 Å². The van der Waals surface area contributed by atoms with Crippen molar-refractivity contribution in [3.63, 3.8) is 0 Å². The highest BCUT2D eigenvalue weighted by molar-refractivity contribution is 7.89. The average Bonchev–Trinajstić information content (AvgIpc) is 2.95. The summed E-state index contributed by atoms with van der Waals surface area (Å²) in [6.45, 7) is 7.61. The van der Waals surface area contributed by atoms with E-state index in [-0.39, 0.29) is 10.8 Å². The number of fused-ring (bicyclic) bond motifs is 1. The van der Waals surface area contributed by atoms with Crippen LogP contribution >= 0.6 is 0 Å². The van der Waals surface area contributed by atoms with Gasteiger partial charge in [0.25, 0.3) is 5.91 Å². The third-order valence-electron chi connectivity index (χ3n) is 7.56. The maximum atomic E-state index is 13.5. The predicted molar refractivity (Wildman–Crippen MR) is 153 cm³/mol. The molecular formula is C30H35N3O6S. The molecule has 2 N–H and O–H groups in total. The molecule has 5 rings (SSSR count). The number of rotatable bonds is 6. The summed E-state index contributed by atoms with van der Waals surface area (Å²) in [6, 6.07) is 18.4. The Balaban J connectivity index is 1.38. The van der Waals surface area contributed by atoms with E-state index in [0.29, 0.717) is 43.1 Å². The molecule has 3 aromatic carbocycles. The monoisotopic (exact) mass is 565 g/mol. The number of methoxy groups -OCH3 is 1. The first-order chi connectivity index (χ1) is 19.0. The third-order valence-corrected chi connectivity index (χ3v) is 9.00. The molecule has 1 fully saturated rings. The Kier molecular flexibility index (Phi) is 7.52. The highest BCUT2D eigenvalue weighted by Crippen LogP contribution is 2.41. The number of aliphatic hydroxyl groups is 1. The van der Waals surface area contributed by atoms with Crippen LogP contribution in [0.4, 0.5) is 5.69 Å². The summed E-state index contributed by atoms with van der Waals surface area (Å²) in [5, 5.41) is 11.2. The number of nitrogens with zero attached hydrogens (tertiary/aromatic N) is 2. The number of hydrogen-bond acceptors (Lipinski definition) is 7. The van der Waals surface area contributed by atoms with Crippen LogP contribution in [0.1, 0.15) is 41.4 Å². The molecule has 2 heterocycles. The van der Waals surface area contributed by atoms with Crippen molar-refractivity contribution >= 4 is 21.6 Å². The number of piperazine rings is 1. The second-order valence-electron chi connectivity index (χ2n) is 10.8. The highest BCUT2D eigenvalue weighted by Gasteiger charge is 2.45. The lowest BCUT2D eigenvalue weighted by atomic mass is 9.86. The SMILES string of the molecule is COc1cccc(N2CCN(C(=O)c3ccc4c(c3)[C@@H](NS(=O)(=O)c3cccc(C)c3)[C@H](O)C(C)(C)O4)CC2)c1. The van der Waals surface area contributed by atoms with Crippen LogP contribution in [0.5, 0.6) is 11.5 Å². The van der Waals surface area contributed by atoms with E-state index in [1.807, 2.05) is 37.3 Å². The van der Waals surface area contributed by atoms with Crippen LogP contribution in [0, 0.1) is 6.92 Å². The van der Waals surface area contributed by atoms with E-state index >= 15 is 0 Å². The third kappa shape index (κ3) is 5.52. The topological polar surface area (TPSA) is 108 Å². The first-order valence-corrected chi connectivity index (χ1v) is 14.7. The highest BCUT2D eigenvalue weighted by atomic mass is 32.2. The fourth-order valence-corrected chi connectivity index (χ4v) is 6.56. The van der Waals surface area contributed by atoms with Crippen molar-refractivity contribution in [1.82, 2.24) is 9.62 Å². The molecule has 212 valence electrons. The van der Waals surface area contributed by atoms with Crippen LogP contribution in [0.3, 0.4) is 0 Å². The van der Waals surface area contributed by atoms with Crippen molar-refractivity contribution < 1.29 is 27.8 Å². The molecule has 0 unspecified atom stereocenters. The quantitative estimate of drug-likeness (QED) is 0.471. The smallest absolute Gasteiger partial charge is 0.253 e. The summed E-state index contributed by atoms with van der Waals surface area (Å²) in [5.74, 6) is 1.05. The number of anilines is 1. The van der Waals surface area contributed by atoms with Gasteiger partial charge in [-0.2, -0.15) is 0 Å². The summed E-state index contributed by atoms with van der Waals surface area (Å²) in [4.78, 5) is 17.6. The van der Waals surface area contributed by atoms with Gasteiger partial charge in [0.2, 0.25) is 10.0 Å². The van der Waals surface area contributed by atoms with Gasteiger partial charge in [-0.1, -0.05) is 18.2 Å². The zero-order valence-corrected chi connectivity index (χ0v) is 23.9. The molecule has 1 amide bonds. The molecule has 2 aliphatic rings. The molecule has 0 aromatic heterocycles. The van der Waals surface area contributed by atoms with E-state index in [4.69, 9.17) is 9.47 Å². The summed E-state index contributed by atoms with van der Waals surface area (Å²) in [7, 11) is -2.34. The van der Waals surface area contributed by atoms with E-state index in [9.17, 15) is 18.3 Å². The van der Waals surface area contributed by atoms with Crippen LogP contribution in [0.2, 0.25) is 0 Å². The first-order valence-electron chi connectivity index (χ1n) is 13.3. The van der Waals surface area contributed by atoms with Crippen molar-refractivity contribution in [1.29, 1.82) is 0 Å². The number of aliphatic hydroxyl groups excluding tert-OH is 1. The summed E-state index contributed by atoms with van der Waals surface area (Å²) < 4.78 is 40.7. The van der Waals surface area contributed by atoms with Crippen molar-refractivity contribution in [3.05, 3.63) is 83.4 Å². The van der Waals surface area contributed by atoms with Gasteiger partial charge < -0.3 is 24.4 Å². The number of aryl methyl sites for hydroxylation is 1. The van der Waals surface area contributed by atoms with Gasteiger partial charge in [0, 0.05) is 49.1 Å². The zero-order chi connectivity index (χ0) is 28.7. The Morgan fingerprint density at radius 1 is 1.02 bits per heavy atom. The molecule has 1 saturated heterocycles. The van der Waals surface area contributed by atoms with Gasteiger partial charge in [0.05, 0.1) is 18.0 Å². The van der Waals surface area contributed by atoms with Crippen molar-refractivity contribution in [3.8, 4) is 11.5 Å². The van der Waals surface area contributed by atoms with Gasteiger partial charge in [-0.05, 0) is 68.8 Å². The molecule has 0 bridgehead atoms. The van der Waals surface area contributed by atoms with Gasteiger partial charge in [-0.3, -0.25) is 4.79 Å². The maximum Gasteiger partial charge on any atom is 0.253 e. The predicted octanol–water partition coefficient (Wildman–Crippen LogP) is 3.52. The van der Waals surface area contributed by atoms with E-state index in [2.05, 4.69) is 9.62 Å². The molecular weight excluding hydrogens is 530 g/mol. The Morgan fingerprint density at radius 2 is 1.75 bits per heavy atom. The minimum Gasteiger partial charge on any atom is -0.497 e. The number of nitrogens with one attached hydrogen (secondary N) is 1. The fraction of sp³-hybridized carbons (Fsp3) is 0.367. The van der Waals surface area contributed by atoms with Gasteiger partial charge in [-0.15, -0.1) is 0 Å². The number of amides is 1. The molecule has 0 aliphatic carbocycles. The lowest BCUT2D eigenvalue weighted by Crippen LogP contribution is -2.53. The van der Waals surface area contributed by atoms with E-state index < -0.39 is 27.8 Å². The second-order valence-corrected chi connectivity index (χ2v) is 12.5. The van der Waals surface area contributed by atoms with E-state index in [1.54, 1.807) is 56.2 Å². The van der Waals surface area contributed by atoms with Crippen molar-refractivity contribution in [2.45, 2.75) is 43.4 Å². The van der Waals surface area contributed by atoms with Gasteiger partial charge in [0.1, 0.15) is 23.2 Å². The van der Waals surface area contributed by atoms with E-state index in [0.717, 1.165) is 17.0 Å². The van der Waals surface area contributed by atoms with Gasteiger partial charge in [0.15, 0.2) is 0 Å². The summed E-state index contributed by atoms with van der Waals surface area (Å²) in [6.07, 6.45) is -1.20. The molecule has 0 saturated carbocycles. The number of ether oxygens (including phenoxy) is 2. The summed E-state index contributed by atoms with van der Waals surface area (Å²) in [5.41, 5.74) is 1.61. The molecule has 9 nitrogen and oxygen atoms in total. The number of benzene rings is 3. The normalized spacial score (nSPS) is 20.4. The van der Waals surface area contributed by atoms with Crippen LogP contribution in [-0.2, 0) is 10.0 Å². The Hall–Kier alpha value is -3.60.